The zero-order chi connectivity index (χ0) is 21.3. The highest BCUT2D eigenvalue weighted by molar-refractivity contribution is 7.17. The molecule has 2 aromatic rings. The molecule has 0 spiro atoms. The van der Waals surface area contributed by atoms with Gasteiger partial charge in [-0.05, 0) is 68.1 Å². The number of thiophene rings is 1. The third-order valence-electron chi connectivity index (χ3n) is 5.26. The standard InChI is InChI=1S/C22H28N2O4S/c1-22(2)9-8-17-16(11-22)18(21(26)27)20(29-17)23-19(25)15-7-6-14(28-5)10-13(15)12-24(3)4/h6-7,10H,8-9,11-12H2,1-5H3,(H,23,25)(H,26,27). The second kappa shape index (κ2) is 8.16. The molecule has 1 aromatic carbocycles. The predicted molar refractivity (Wildman–Crippen MR) is 115 cm³/mol. The maximum Gasteiger partial charge on any atom is 0.339 e. The summed E-state index contributed by atoms with van der Waals surface area (Å²) in [5.74, 6) is -0.609. The van der Waals surface area contributed by atoms with Gasteiger partial charge in [-0.25, -0.2) is 4.79 Å². The van der Waals surface area contributed by atoms with Crippen molar-refractivity contribution in [2.75, 3.05) is 26.5 Å². The van der Waals surface area contributed by atoms with Crippen molar-refractivity contribution in [3.8, 4) is 5.75 Å². The normalized spacial score (nSPS) is 15.1. The summed E-state index contributed by atoms with van der Waals surface area (Å²) < 4.78 is 5.29. The summed E-state index contributed by atoms with van der Waals surface area (Å²) in [5, 5.41) is 13.1. The van der Waals surface area contributed by atoms with Crippen molar-refractivity contribution in [3.63, 3.8) is 0 Å². The van der Waals surface area contributed by atoms with E-state index in [1.165, 1.54) is 11.3 Å². The lowest BCUT2D eigenvalue weighted by molar-refractivity contribution is 0.0696. The van der Waals surface area contributed by atoms with Crippen molar-refractivity contribution in [1.29, 1.82) is 0 Å². The summed E-state index contributed by atoms with van der Waals surface area (Å²) in [4.78, 5) is 28.1. The average Bonchev–Trinajstić information content (AvgIpc) is 2.96. The number of nitrogens with one attached hydrogen (secondary N) is 1. The maximum absolute atomic E-state index is 13.1. The molecule has 29 heavy (non-hydrogen) atoms. The quantitative estimate of drug-likeness (QED) is 0.735. The molecule has 7 heteroatoms. The van der Waals surface area contributed by atoms with E-state index in [2.05, 4.69) is 19.2 Å². The first kappa shape index (κ1) is 21.3. The van der Waals surface area contributed by atoms with Gasteiger partial charge in [-0.2, -0.15) is 0 Å². The Morgan fingerprint density at radius 1 is 1.31 bits per heavy atom. The SMILES string of the molecule is COc1ccc(C(=O)Nc2sc3c(c2C(=O)O)CC(C)(C)CC3)c(CN(C)C)c1. The number of ether oxygens (including phenoxy) is 1. The van der Waals surface area contributed by atoms with Crippen molar-refractivity contribution in [2.24, 2.45) is 5.41 Å². The zero-order valence-corrected chi connectivity index (χ0v) is 18.4. The van der Waals surface area contributed by atoms with Gasteiger partial charge in [0.1, 0.15) is 10.8 Å². The van der Waals surface area contributed by atoms with Crippen molar-refractivity contribution >= 4 is 28.2 Å². The van der Waals surface area contributed by atoms with Gasteiger partial charge in [-0.3, -0.25) is 4.79 Å². The summed E-state index contributed by atoms with van der Waals surface area (Å²) in [6.45, 7) is 4.88. The number of anilines is 1. The topological polar surface area (TPSA) is 78.9 Å². The molecule has 0 bridgehead atoms. The third kappa shape index (κ3) is 4.62. The molecule has 0 saturated carbocycles. The molecule has 0 saturated heterocycles. The van der Waals surface area contributed by atoms with Crippen LogP contribution in [0.4, 0.5) is 5.00 Å². The molecular formula is C22H28N2O4S. The summed E-state index contributed by atoms with van der Waals surface area (Å²) in [6, 6.07) is 5.31. The van der Waals surface area contributed by atoms with Crippen molar-refractivity contribution in [3.05, 3.63) is 45.3 Å². The molecule has 0 fully saturated rings. The van der Waals surface area contributed by atoms with Crippen LogP contribution in [0.5, 0.6) is 5.75 Å². The van der Waals surface area contributed by atoms with E-state index in [9.17, 15) is 14.7 Å². The molecule has 0 atom stereocenters. The fraction of sp³-hybridized carbons (Fsp3) is 0.455. The lowest BCUT2D eigenvalue weighted by atomic mass is 9.76. The smallest absolute Gasteiger partial charge is 0.339 e. The van der Waals surface area contributed by atoms with Gasteiger partial charge in [0.15, 0.2) is 0 Å². The van der Waals surface area contributed by atoms with Crippen LogP contribution in [-0.2, 0) is 19.4 Å². The Balaban J connectivity index is 1.96. The highest BCUT2D eigenvalue weighted by Gasteiger charge is 2.33. The number of rotatable bonds is 6. The number of amides is 1. The maximum atomic E-state index is 13.1. The molecule has 6 nitrogen and oxygen atoms in total. The number of carboxylic acids is 1. The van der Waals surface area contributed by atoms with Crippen LogP contribution in [0.25, 0.3) is 0 Å². The van der Waals surface area contributed by atoms with E-state index in [0.717, 1.165) is 28.8 Å². The Morgan fingerprint density at radius 3 is 2.66 bits per heavy atom. The molecule has 0 radical (unpaired) electrons. The number of aryl methyl sites for hydroxylation is 1. The molecule has 0 unspecified atom stereocenters. The number of benzene rings is 1. The van der Waals surface area contributed by atoms with Crippen molar-refractivity contribution < 1.29 is 19.4 Å². The Bertz CT molecular complexity index is 947. The lowest BCUT2D eigenvalue weighted by Crippen LogP contribution is -2.23. The molecule has 1 aromatic heterocycles. The molecule has 3 rings (SSSR count). The van der Waals surface area contributed by atoms with Gasteiger partial charge < -0.3 is 20.1 Å². The fourth-order valence-electron chi connectivity index (χ4n) is 3.79. The molecule has 156 valence electrons. The highest BCUT2D eigenvalue weighted by Crippen LogP contribution is 2.44. The predicted octanol–water partition coefficient (Wildman–Crippen LogP) is 4.28. The minimum Gasteiger partial charge on any atom is -0.497 e. The first-order chi connectivity index (χ1) is 13.6. The van der Waals surface area contributed by atoms with E-state index < -0.39 is 5.97 Å². The van der Waals surface area contributed by atoms with Crippen molar-refractivity contribution in [1.82, 2.24) is 4.90 Å². The van der Waals surface area contributed by atoms with Crippen LogP contribution in [0.3, 0.4) is 0 Å². The van der Waals surface area contributed by atoms with E-state index >= 15 is 0 Å². The number of hydrogen-bond acceptors (Lipinski definition) is 5. The van der Waals surface area contributed by atoms with E-state index in [0.29, 0.717) is 29.3 Å². The summed E-state index contributed by atoms with van der Waals surface area (Å²) in [7, 11) is 5.45. The summed E-state index contributed by atoms with van der Waals surface area (Å²) >= 11 is 1.39. The molecule has 1 heterocycles. The minimum atomic E-state index is -0.987. The van der Waals surface area contributed by atoms with Crippen LogP contribution in [0.2, 0.25) is 0 Å². The van der Waals surface area contributed by atoms with Crippen LogP contribution in [-0.4, -0.2) is 43.1 Å². The molecule has 1 amide bonds. The zero-order valence-electron chi connectivity index (χ0n) is 17.6. The van der Waals surface area contributed by atoms with E-state index in [1.54, 1.807) is 19.2 Å². The second-order valence-electron chi connectivity index (χ2n) is 8.57. The Morgan fingerprint density at radius 2 is 2.03 bits per heavy atom. The van der Waals surface area contributed by atoms with Gasteiger partial charge >= 0.3 is 5.97 Å². The number of carboxylic acid groups (broad SMARTS) is 1. The fourth-order valence-corrected chi connectivity index (χ4v) is 5.00. The third-order valence-corrected chi connectivity index (χ3v) is 6.47. The lowest BCUT2D eigenvalue weighted by Gasteiger charge is -2.29. The first-order valence-electron chi connectivity index (χ1n) is 9.62. The largest absolute Gasteiger partial charge is 0.497 e. The van der Waals surface area contributed by atoms with Crippen LogP contribution >= 0.6 is 11.3 Å². The van der Waals surface area contributed by atoms with Crippen LogP contribution in [0.1, 0.15) is 57.0 Å². The molecule has 1 aliphatic rings. The van der Waals surface area contributed by atoms with E-state index in [-0.39, 0.29) is 16.9 Å². The van der Waals surface area contributed by atoms with Gasteiger partial charge in [0, 0.05) is 17.0 Å². The Labute approximate surface area is 175 Å². The van der Waals surface area contributed by atoms with E-state index in [1.807, 2.05) is 25.1 Å². The number of hydrogen-bond donors (Lipinski definition) is 2. The van der Waals surface area contributed by atoms with Gasteiger partial charge in [0.25, 0.3) is 5.91 Å². The van der Waals surface area contributed by atoms with Crippen molar-refractivity contribution in [2.45, 2.75) is 39.7 Å². The Kier molecular flexibility index (Phi) is 6.00. The summed E-state index contributed by atoms with van der Waals surface area (Å²) in [5.41, 5.74) is 2.52. The number of carbonyl (C=O) groups is 2. The number of aromatic carboxylic acids is 1. The minimum absolute atomic E-state index is 0.0639. The first-order valence-corrected chi connectivity index (χ1v) is 10.4. The van der Waals surface area contributed by atoms with Gasteiger partial charge in [0.05, 0.1) is 12.7 Å². The number of fused-ring (bicyclic) bond motifs is 1. The number of methoxy groups -OCH3 is 1. The average molecular weight is 417 g/mol. The molecule has 1 aliphatic carbocycles. The van der Waals surface area contributed by atoms with Gasteiger partial charge in [-0.15, -0.1) is 11.3 Å². The van der Waals surface area contributed by atoms with Gasteiger partial charge in [0.2, 0.25) is 0 Å². The molecule has 0 aliphatic heterocycles. The number of carbonyl (C=O) groups excluding carboxylic acids is 1. The monoisotopic (exact) mass is 416 g/mol. The van der Waals surface area contributed by atoms with Crippen LogP contribution in [0, 0.1) is 5.41 Å². The van der Waals surface area contributed by atoms with Gasteiger partial charge in [-0.1, -0.05) is 13.8 Å². The number of nitrogens with zero attached hydrogens (tertiary/aromatic N) is 1. The van der Waals surface area contributed by atoms with Crippen LogP contribution in [0.15, 0.2) is 18.2 Å². The van der Waals surface area contributed by atoms with E-state index in [4.69, 9.17) is 4.74 Å². The Hall–Kier alpha value is -2.38. The second-order valence-corrected chi connectivity index (χ2v) is 9.67. The highest BCUT2D eigenvalue weighted by atomic mass is 32.1. The molecule has 2 N–H and O–H groups in total. The molecular weight excluding hydrogens is 388 g/mol. The van der Waals surface area contributed by atoms with Crippen LogP contribution < -0.4 is 10.1 Å². The summed E-state index contributed by atoms with van der Waals surface area (Å²) in [6.07, 6.45) is 2.57.